The fraction of sp³-hybridized carbons (Fsp3) is 0.385. The summed E-state index contributed by atoms with van der Waals surface area (Å²) in [7, 11) is 3.39. The van der Waals surface area contributed by atoms with Crippen molar-refractivity contribution in [1.29, 1.82) is 0 Å². The van der Waals surface area contributed by atoms with Crippen LogP contribution in [-0.4, -0.2) is 51.2 Å². The lowest BCUT2D eigenvalue weighted by molar-refractivity contribution is 0.0821. The molecule has 0 aliphatic rings. The predicted molar refractivity (Wildman–Crippen MR) is 76.0 cm³/mol. The third-order valence-electron chi connectivity index (χ3n) is 2.62. The van der Waals surface area contributed by atoms with Crippen molar-refractivity contribution in [2.75, 3.05) is 26.0 Å². The van der Waals surface area contributed by atoms with E-state index >= 15 is 0 Å². The maximum Gasteiger partial charge on any atom is 0.273 e. The molecule has 0 saturated carbocycles. The van der Waals surface area contributed by atoms with Gasteiger partial charge in [-0.05, 0) is 12.5 Å². The highest BCUT2D eigenvalue weighted by atomic mass is 16.2. The first-order valence-corrected chi connectivity index (χ1v) is 6.46. The average Bonchev–Trinajstić information content (AvgIpc) is 2.94. The van der Waals surface area contributed by atoms with Crippen LogP contribution >= 0.6 is 0 Å². The van der Waals surface area contributed by atoms with Gasteiger partial charge in [0.25, 0.3) is 5.91 Å². The molecule has 0 atom stereocenters. The SMILES string of the molecule is CCCNc1nccc(-n2ccc(C(=O)N(C)C)n2)n1. The predicted octanol–water partition coefficient (Wildman–Crippen LogP) is 1.19. The number of nitrogens with zero attached hydrogens (tertiary/aromatic N) is 5. The number of hydrogen-bond acceptors (Lipinski definition) is 5. The van der Waals surface area contributed by atoms with E-state index in [0.717, 1.165) is 13.0 Å². The molecule has 2 heterocycles. The van der Waals surface area contributed by atoms with Crippen LogP contribution in [-0.2, 0) is 0 Å². The molecule has 106 valence electrons. The van der Waals surface area contributed by atoms with Gasteiger partial charge in [-0.2, -0.15) is 10.1 Å². The summed E-state index contributed by atoms with van der Waals surface area (Å²) in [4.78, 5) is 21.8. The van der Waals surface area contributed by atoms with E-state index in [2.05, 4.69) is 27.3 Å². The zero-order chi connectivity index (χ0) is 14.5. The first-order chi connectivity index (χ1) is 9.61. The van der Waals surface area contributed by atoms with E-state index in [4.69, 9.17) is 0 Å². The molecule has 7 heteroatoms. The van der Waals surface area contributed by atoms with E-state index in [1.54, 1.807) is 43.3 Å². The van der Waals surface area contributed by atoms with Crippen molar-refractivity contribution in [3.05, 3.63) is 30.2 Å². The summed E-state index contributed by atoms with van der Waals surface area (Å²) in [5, 5.41) is 7.34. The molecule has 0 aromatic carbocycles. The molecule has 0 saturated heterocycles. The van der Waals surface area contributed by atoms with E-state index in [0.29, 0.717) is 17.5 Å². The van der Waals surface area contributed by atoms with Gasteiger partial charge in [0.1, 0.15) is 0 Å². The van der Waals surface area contributed by atoms with Gasteiger partial charge in [-0.1, -0.05) is 6.92 Å². The lowest BCUT2D eigenvalue weighted by Gasteiger charge is -2.07. The molecule has 0 fully saturated rings. The van der Waals surface area contributed by atoms with E-state index in [1.807, 2.05) is 0 Å². The normalized spacial score (nSPS) is 10.3. The molecule has 0 unspecified atom stereocenters. The molecule has 20 heavy (non-hydrogen) atoms. The van der Waals surface area contributed by atoms with Gasteiger partial charge in [-0.25, -0.2) is 9.67 Å². The van der Waals surface area contributed by atoms with Crippen molar-refractivity contribution in [2.45, 2.75) is 13.3 Å². The maximum atomic E-state index is 11.8. The van der Waals surface area contributed by atoms with Crippen molar-refractivity contribution >= 4 is 11.9 Å². The molecular weight excluding hydrogens is 256 g/mol. The van der Waals surface area contributed by atoms with Crippen LogP contribution in [0, 0.1) is 0 Å². The minimum atomic E-state index is -0.137. The van der Waals surface area contributed by atoms with Gasteiger partial charge in [-0.3, -0.25) is 4.79 Å². The van der Waals surface area contributed by atoms with Crippen LogP contribution < -0.4 is 5.32 Å². The smallest absolute Gasteiger partial charge is 0.273 e. The molecule has 7 nitrogen and oxygen atoms in total. The number of aromatic nitrogens is 4. The molecule has 2 aromatic rings. The monoisotopic (exact) mass is 274 g/mol. The topological polar surface area (TPSA) is 75.9 Å². The molecule has 2 aromatic heterocycles. The van der Waals surface area contributed by atoms with Crippen LogP contribution in [0.3, 0.4) is 0 Å². The Morgan fingerprint density at radius 1 is 1.40 bits per heavy atom. The van der Waals surface area contributed by atoms with E-state index in [-0.39, 0.29) is 5.91 Å². The Kier molecular flexibility index (Phi) is 4.29. The van der Waals surface area contributed by atoms with Crippen LogP contribution in [0.15, 0.2) is 24.5 Å². The summed E-state index contributed by atoms with van der Waals surface area (Å²) in [5.74, 6) is 1.04. The van der Waals surface area contributed by atoms with Crippen LogP contribution in [0.5, 0.6) is 0 Å². The number of carbonyl (C=O) groups excluding carboxylic acids is 1. The Bertz CT molecular complexity index is 592. The van der Waals surface area contributed by atoms with Crippen molar-refractivity contribution in [1.82, 2.24) is 24.6 Å². The largest absolute Gasteiger partial charge is 0.354 e. The van der Waals surface area contributed by atoms with Crippen LogP contribution in [0.1, 0.15) is 23.8 Å². The molecule has 1 N–H and O–H groups in total. The van der Waals surface area contributed by atoms with Crippen molar-refractivity contribution in [3.8, 4) is 5.82 Å². The van der Waals surface area contributed by atoms with Crippen molar-refractivity contribution in [3.63, 3.8) is 0 Å². The summed E-state index contributed by atoms with van der Waals surface area (Å²) in [6, 6.07) is 3.41. The number of nitrogens with one attached hydrogen (secondary N) is 1. The van der Waals surface area contributed by atoms with Crippen LogP contribution in [0.2, 0.25) is 0 Å². The Labute approximate surface area is 117 Å². The second-order valence-electron chi connectivity index (χ2n) is 4.51. The molecule has 2 rings (SSSR count). The number of rotatable bonds is 5. The number of amides is 1. The minimum absolute atomic E-state index is 0.137. The summed E-state index contributed by atoms with van der Waals surface area (Å²) < 4.78 is 1.57. The van der Waals surface area contributed by atoms with Gasteiger partial charge in [-0.15, -0.1) is 0 Å². The van der Waals surface area contributed by atoms with Crippen LogP contribution in [0.25, 0.3) is 5.82 Å². The molecule has 0 bridgehead atoms. The lowest BCUT2D eigenvalue weighted by Crippen LogP contribution is -2.22. The summed E-state index contributed by atoms with van der Waals surface area (Å²) in [6.45, 7) is 2.89. The Morgan fingerprint density at radius 2 is 2.20 bits per heavy atom. The first-order valence-electron chi connectivity index (χ1n) is 6.46. The second-order valence-corrected chi connectivity index (χ2v) is 4.51. The van der Waals surface area contributed by atoms with Gasteiger partial charge in [0.2, 0.25) is 5.95 Å². The summed E-state index contributed by atoms with van der Waals surface area (Å²) >= 11 is 0. The Balaban J connectivity index is 2.21. The number of carbonyl (C=O) groups is 1. The quantitative estimate of drug-likeness (QED) is 0.886. The minimum Gasteiger partial charge on any atom is -0.354 e. The van der Waals surface area contributed by atoms with E-state index < -0.39 is 0 Å². The fourth-order valence-corrected chi connectivity index (χ4v) is 1.59. The molecule has 0 aliphatic heterocycles. The number of anilines is 1. The molecule has 1 amide bonds. The third kappa shape index (κ3) is 3.11. The first kappa shape index (κ1) is 14.0. The van der Waals surface area contributed by atoms with E-state index in [9.17, 15) is 4.79 Å². The van der Waals surface area contributed by atoms with Gasteiger partial charge >= 0.3 is 0 Å². The van der Waals surface area contributed by atoms with Crippen LogP contribution in [0.4, 0.5) is 5.95 Å². The highest BCUT2D eigenvalue weighted by molar-refractivity contribution is 5.91. The Hall–Kier alpha value is -2.44. The van der Waals surface area contributed by atoms with Gasteiger partial charge in [0, 0.05) is 39.1 Å². The van der Waals surface area contributed by atoms with Gasteiger partial charge in [0.05, 0.1) is 0 Å². The van der Waals surface area contributed by atoms with E-state index in [1.165, 1.54) is 4.90 Å². The molecule has 0 aliphatic carbocycles. The highest BCUT2D eigenvalue weighted by Gasteiger charge is 2.12. The van der Waals surface area contributed by atoms with Crippen molar-refractivity contribution in [2.24, 2.45) is 0 Å². The van der Waals surface area contributed by atoms with Crippen molar-refractivity contribution < 1.29 is 4.79 Å². The average molecular weight is 274 g/mol. The maximum absolute atomic E-state index is 11.8. The van der Waals surface area contributed by atoms with Gasteiger partial charge in [0.15, 0.2) is 11.5 Å². The molecular formula is C13H18N6O. The zero-order valence-corrected chi connectivity index (χ0v) is 11.9. The highest BCUT2D eigenvalue weighted by Crippen LogP contribution is 2.08. The van der Waals surface area contributed by atoms with Gasteiger partial charge < -0.3 is 10.2 Å². The summed E-state index contributed by atoms with van der Waals surface area (Å²) in [6.07, 6.45) is 4.37. The third-order valence-corrected chi connectivity index (χ3v) is 2.62. The summed E-state index contributed by atoms with van der Waals surface area (Å²) in [5.41, 5.74) is 0.386. The molecule has 0 radical (unpaired) electrons. The second kappa shape index (κ2) is 6.14. The zero-order valence-electron chi connectivity index (χ0n) is 11.9. The molecule has 0 spiro atoms. The Morgan fingerprint density at radius 3 is 2.90 bits per heavy atom. The number of hydrogen-bond donors (Lipinski definition) is 1. The lowest BCUT2D eigenvalue weighted by atomic mass is 10.4. The standard InChI is InChI=1S/C13H18N6O/c1-4-7-14-13-15-8-5-11(16-13)19-9-6-10(17-19)12(20)18(2)3/h5-6,8-9H,4,7H2,1-3H3,(H,14,15,16). The fourth-order valence-electron chi connectivity index (χ4n) is 1.59.